The van der Waals surface area contributed by atoms with E-state index in [2.05, 4.69) is 23.5 Å². The topological polar surface area (TPSA) is 21.3 Å². The van der Waals surface area contributed by atoms with E-state index in [4.69, 9.17) is 4.74 Å². The Labute approximate surface area is 127 Å². The summed E-state index contributed by atoms with van der Waals surface area (Å²) in [7, 11) is 1.70. The Morgan fingerprint density at radius 1 is 1.05 bits per heavy atom. The number of benzene rings is 1. The highest BCUT2D eigenvalue weighted by Crippen LogP contribution is 2.33. The second-order valence-electron chi connectivity index (χ2n) is 5.30. The molecule has 0 amide bonds. The van der Waals surface area contributed by atoms with Gasteiger partial charge in [-0.25, -0.2) is 0 Å². The summed E-state index contributed by atoms with van der Waals surface area (Å²) >= 11 is 0. The monoisotopic (exact) mass is 291 g/mol. The first-order valence-corrected chi connectivity index (χ1v) is 7.18. The molecule has 2 aliphatic rings. The molecule has 2 nitrogen and oxygen atoms in total. The Morgan fingerprint density at radius 3 is 2.55 bits per heavy atom. The van der Waals surface area contributed by atoms with Crippen molar-refractivity contribution in [2.45, 2.75) is 32.1 Å². The van der Waals surface area contributed by atoms with Gasteiger partial charge in [-0.05, 0) is 61.4 Å². The van der Waals surface area contributed by atoms with Gasteiger partial charge >= 0.3 is 0 Å². The molecule has 0 aromatic heterocycles. The first-order chi connectivity index (χ1) is 9.36. The summed E-state index contributed by atoms with van der Waals surface area (Å²) in [5, 5.41) is 3.57. The van der Waals surface area contributed by atoms with E-state index < -0.39 is 0 Å². The maximum atomic E-state index is 5.20. The third-order valence-corrected chi connectivity index (χ3v) is 4.08. The highest BCUT2D eigenvalue weighted by molar-refractivity contribution is 5.85. The molecule has 1 aromatic rings. The largest absolute Gasteiger partial charge is 0.497 e. The fourth-order valence-corrected chi connectivity index (χ4v) is 3.03. The molecule has 0 spiro atoms. The van der Waals surface area contributed by atoms with E-state index >= 15 is 0 Å². The summed E-state index contributed by atoms with van der Waals surface area (Å²) in [5.41, 5.74) is 5.84. The van der Waals surface area contributed by atoms with Crippen LogP contribution in [0.2, 0.25) is 0 Å². The minimum Gasteiger partial charge on any atom is -0.497 e. The van der Waals surface area contributed by atoms with Crippen LogP contribution in [-0.4, -0.2) is 13.7 Å². The lowest BCUT2D eigenvalue weighted by Gasteiger charge is -2.28. The summed E-state index contributed by atoms with van der Waals surface area (Å²) in [4.78, 5) is 0. The summed E-state index contributed by atoms with van der Waals surface area (Å²) in [6.07, 6.45) is 8.75. The van der Waals surface area contributed by atoms with Crippen LogP contribution in [-0.2, 0) is 0 Å². The number of halogens is 1. The van der Waals surface area contributed by atoms with Gasteiger partial charge in [0.1, 0.15) is 5.75 Å². The third kappa shape index (κ3) is 3.18. The number of ether oxygens (including phenoxy) is 1. The zero-order valence-corrected chi connectivity index (χ0v) is 12.8. The molecule has 0 radical (unpaired) electrons. The average molecular weight is 292 g/mol. The van der Waals surface area contributed by atoms with Gasteiger partial charge in [0.25, 0.3) is 0 Å². The molecular weight excluding hydrogens is 270 g/mol. The van der Waals surface area contributed by atoms with Crippen LogP contribution in [0.1, 0.15) is 37.7 Å². The highest BCUT2D eigenvalue weighted by atomic mass is 35.5. The summed E-state index contributed by atoms with van der Waals surface area (Å²) in [5.74, 6) is 0.913. The number of methoxy groups -OCH3 is 1. The molecule has 1 aliphatic carbocycles. The van der Waals surface area contributed by atoms with Crippen LogP contribution >= 0.6 is 12.4 Å². The first-order valence-electron chi connectivity index (χ1n) is 7.18. The molecule has 0 atom stereocenters. The lowest BCUT2D eigenvalue weighted by atomic mass is 9.85. The summed E-state index contributed by atoms with van der Waals surface area (Å²) in [6.45, 7) is 1.08. The van der Waals surface area contributed by atoms with Crippen molar-refractivity contribution >= 4 is 18.5 Å². The first kappa shape index (κ1) is 15.0. The average Bonchev–Trinajstić information content (AvgIpc) is 2.48. The lowest BCUT2D eigenvalue weighted by molar-refractivity contribution is 0.415. The molecule has 0 saturated heterocycles. The molecule has 1 heterocycles. The van der Waals surface area contributed by atoms with Gasteiger partial charge in [-0.15, -0.1) is 12.4 Å². The Hall–Kier alpha value is -1.41. The molecule has 1 aliphatic heterocycles. The molecule has 0 unspecified atom stereocenters. The lowest BCUT2D eigenvalue weighted by Crippen LogP contribution is -2.24. The molecule has 108 valence electrons. The molecule has 0 bridgehead atoms. The SMILES string of the molecule is COc1ccc(C=C2NCCC3=C2CCCC3)cc1.Cl. The van der Waals surface area contributed by atoms with E-state index in [0.29, 0.717) is 0 Å². The van der Waals surface area contributed by atoms with Crippen molar-refractivity contribution in [1.29, 1.82) is 0 Å². The number of hydrogen-bond donors (Lipinski definition) is 1. The Kier molecular flexibility index (Phi) is 5.13. The van der Waals surface area contributed by atoms with Gasteiger partial charge in [-0.3, -0.25) is 0 Å². The van der Waals surface area contributed by atoms with Crippen molar-refractivity contribution in [2.24, 2.45) is 0 Å². The minimum atomic E-state index is 0. The van der Waals surface area contributed by atoms with E-state index in [0.717, 1.165) is 12.3 Å². The maximum absolute atomic E-state index is 5.20. The second kappa shape index (κ2) is 6.85. The molecule has 0 saturated carbocycles. The van der Waals surface area contributed by atoms with Crippen molar-refractivity contribution < 1.29 is 4.74 Å². The van der Waals surface area contributed by atoms with Gasteiger partial charge in [0, 0.05) is 12.2 Å². The van der Waals surface area contributed by atoms with Gasteiger partial charge in [-0.1, -0.05) is 17.7 Å². The van der Waals surface area contributed by atoms with Crippen LogP contribution in [0.4, 0.5) is 0 Å². The Bertz CT molecular complexity index is 512. The molecule has 1 N–H and O–H groups in total. The van der Waals surface area contributed by atoms with Crippen molar-refractivity contribution in [3.05, 3.63) is 46.7 Å². The number of hydrogen-bond acceptors (Lipinski definition) is 2. The fraction of sp³-hybridized carbons (Fsp3) is 0.412. The smallest absolute Gasteiger partial charge is 0.118 e. The highest BCUT2D eigenvalue weighted by Gasteiger charge is 2.19. The normalized spacial score (nSPS) is 19.9. The standard InChI is InChI=1S/C17H21NO.ClH/c1-19-15-8-6-13(7-9-15)12-17-16-5-3-2-4-14(16)10-11-18-17;/h6-9,12,18H,2-5,10-11H2,1H3;1H. The van der Waals surface area contributed by atoms with Gasteiger partial charge in [0.15, 0.2) is 0 Å². The zero-order chi connectivity index (χ0) is 13.1. The number of nitrogens with one attached hydrogen (secondary N) is 1. The van der Waals surface area contributed by atoms with E-state index in [1.807, 2.05) is 12.1 Å². The van der Waals surface area contributed by atoms with Crippen molar-refractivity contribution in [1.82, 2.24) is 5.32 Å². The van der Waals surface area contributed by atoms with Crippen LogP contribution in [0.3, 0.4) is 0 Å². The van der Waals surface area contributed by atoms with Gasteiger partial charge in [0.2, 0.25) is 0 Å². The van der Waals surface area contributed by atoms with E-state index in [1.165, 1.54) is 43.4 Å². The van der Waals surface area contributed by atoms with Crippen molar-refractivity contribution in [3.8, 4) is 5.75 Å². The van der Waals surface area contributed by atoms with E-state index in [1.54, 1.807) is 18.3 Å². The number of rotatable bonds is 2. The van der Waals surface area contributed by atoms with Crippen molar-refractivity contribution in [2.75, 3.05) is 13.7 Å². The zero-order valence-electron chi connectivity index (χ0n) is 11.9. The van der Waals surface area contributed by atoms with Crippen LogP contribution in [0.15, 0.2) is 41.1 Å². The minimum absolute atomic E-state index is 0. The van der Waals surface area contributed by atoms with Gasteiger partial charge < -0.3 is 10.1 Å². The Balaban J connectivity index is 0.00000147. The maximum Gasteiger partial charge on any atom is 0.118 e. The third-order valence-electron chi connectivity index (χ3n) is 4.08. The summed E-state index contributed by atoms with van der Waals surface area (Å²) in [6, 6.07) is 8.27. The molecule has 1 aromatic carbocycles. The second-order valence-corrected chi connectivity index (χ2v) is 5.30. The van der Waals surface area contributed by atoms with E-state index in [-0.39, 0.29) is 12.4 Å². The number of allylic oxidation sites excluding steroid dienone is 1. The predicted octanol–water partition coefficient (Wildman–Crippen LogP) is 4.32. The molecule has 20 heavy (non-hydrogen) atoms. The predicted molar refractivity (Wildman–Crippen MR) is 86.3 cm³/mol. The summed E-state index contributed by atoms with van der Waals surface area (Å²) < 4.78 is 5.20. The Morgan fingerprint density at radius 2 is 1.80 bits per heavy atom. The van der Waals surface area contributed by atoms with Crippen LogP contribution < -0.4 is 10.1 Å². The van der Waals surface area contributed by atoms with Crippen LogP contribution in [0.25, 0.3) is 6.08 Å². The van der Waals surface area contributed by atoms with Gasteiger partial charge in [0.05, 0.1) is 7.11 Å². The fourth-order valence-electron chi connectivity index (χ4n) is 3.03. The molecular formula is C17H22ClNO. The van der Waals surface area contributed by atoms with Crippen LogP contribution in [0.5, 0.6) is 5.75 Å². The van der Waals surface area contributed by atoms with E-state index in [9.17, 15) is 0 Å². The quantitative estimate of drug-likeness (QED) is 0.876. The molecule has 3 heteroatoms. The van der Waals surface area contributed by atoms with Crippen LogP contribution in [0, 0.1) is 0 Å². The van der Waals surface area contributed by atoms with Crippen molar-refractivity contribution in [3.63, 3.8) is 0 Å². The molecule has 0 fully saturated rings. The van der Waals surface area contributed by atoms with Gasteiger partial charge in [-0.2, -0.15) is 0 Å². The molecule has 3 rings (SSSR count).